The maximum Gasteiger partial charge on any atom is 0.272 e. The summed E-state index contributed by atoms with van der Waals surface area (Å²) in [6.07, 6.45) is 18.3. The molecule has 2 heterocycles. The normalized spacial score (nSPS) is 19.6. The Morgan fingerprint density at radius 3 is 2.86 bits per heavy atom. The molecule has 3 rings (SSSR count). The van der Waals surface area contributed by atoms with Crippen LogP contribution in [0.4, 0.5) is 8.78 Å². The molecule has 0 aromatic carbocycles. The van der Waals surface area contributed by atoms with Gasteiger partial charge in [-0.2, -0.15) is 0 Å². The lowest BCUT2D eigenvalue weighted by atomic mass is 10.0. The molecule has 0 unspecified atom stereocenters. The van der Waals surface area contributed by atoms with Crippen LogP contribution in [0.15, 0.2) is 66.4 Å². The third kappa shape index (κ3) is 5.01. The number of rotatable bonds is 7. The highest BCUT2D eigenvalue weighted by atomic mass is 19.3. The maximum absolute atomic E-state index is 13.0. The van der Waals surface area contributed by atoms with Crippen molar-refractivity contribution in [3.05, 3.63) is 77.6 Å². The van der Waals surface area contributed by atoms with Crippen LogP contribution >= 0.6 is 0 Å². The molecule has 2 aliphatic rings. The van der Waals surface area contributed by atoms with E-state index < -0.39 is 5.92 Å². The van der Waals surface area contributed by atoms with Crippen molar-refractivity contribution in [2.75, 3.05) is 19.6 Å². The van der Waals surface area contributed by atoms with E-state index in [1.165, 1.54) is 12.4 Å². The second kappa shape index (κ2) is 8.75. The van der Waals surface area contributed by atoms with E-state index in [1.807, 2.05) is 36.4 Å². The fraction of sp³-hybridized carbons (Fsp3) is 0.238. The third-order valence-electron chi connectivity index (χ3n) is 4.52. The number of nitrogens with zero attached hydrogens (tertiary/aromatic N) is 2. The van der Waals surface area contributed by atoms with Gasteiger partial charge in [-0.1, -0.05) is 18.2 Å². The first-order valence-corrected chi connectivity index (χ1v) is 8.98. The minimum Gasteiger partial charge on any atom is -0.404 e. The van der Waals surface area contributed by atoms with Crippen LogP contribution in [0.2, 0.25) is 0 Å². The summed E-state index contributed by atoms with van der Waals surface area (Å²) in [5.74, 6) is -2.54. The molecule has 0 radical (unpaired) electrons. The molecule has 4 N–H and O–H groups in total. The highest BCUT2D eigenvalue weighted by Gasteiger charge is 2.43. The Bertz CT molecular complexity index is 873. The van der Waals surface area contributed by atoms with E-state index in [4.69, 9.17) is 11.1 Å². The number of aromatic nitrogens is 1. The Morgan fingerprint density at radius 2 is 2.14 bits per heavy atom. The molecular weight excluding hydrogens is 360 g/mol. The smallest absolute Gasteiger partial charge is 0.272 e. The van der Waals surface area contributed by atoms with E-state index in [1.54, 1.807) is 23.5 Å². The lowest BCUT2D eigenvalue weighted by Gasteiger charge is -2.38. The molecular formula is C21H23F2N5. The van der Waals surface area contributed by atoms with Crippen LogP contribution in [0, 0.1) is 5.41 Å². The Labute approximate surface area is 163 Å². The zero-order valence-corrected chi connectivity index (χ0v) is 15.4. The summed E-state index contributed by atoms with van der Waals surface area (Å²) in [6.45, 7) is 0.212. The Balaban J connectivity index is 1.58. The van der Waals surface area contributed by atoms with Crippen molar-refractivity contribution in [2.24, 2.45) is 5.73 Å². The largest absolute Gasteiger partial charge is 0.404 e. The Morgan fingerprint density at radius 1 is 1.32 bits per heavy atom. The van der Waals surface area contributed by atoms with Gasteiger partial charge in [0.05, 0.1) is 13.1 Å². The van der Waals surface area contributed by atoms with E-state index in [9.17, 15) is 8.78 Å². The van der Waals surface area contributed by atoms with Crippen LogP contribution in [0.5, 0.6) is 0 Å². The number of hydrogen-bond donors (Lipinski definition) is 3. The molecule has 7 heteroatoms. The predicted molar refractivity (Wildman–Crippen MR) is 109 cm³/mol. The van der Waals surface area contributed by atoms with Crippen molar-refractivity contribution < 1.29 is 8.78 Å². The molecule has 1 fully saturated rings. The van der Waals surface area contributed by atoms with E-state index in [2.05, 4.69) is 10.3 Å². The first-order valence-electron chi connectivity index (χ1n) is 8.98. The molecule has 0 spiro atoms. The lowest BCUT2D eigenvalue weighted by Crippen LogP contribution is -2.56. The second-order valence-electron chi connectivity index (χ2n) is 6.72. The molecule has 0 saturated carbocycles. The van der Waals surface area contributed by atoms with Gasteiger partial charge in [0.15, 0.2) is 0 Å². The highest BCUT2D eigenvalue weighted by molar-refractivity contribution is 6.09. The zero-order valence-electron chi connectivity index (χ0n) is 15.4. The molecule has 28 heavy (non-hydrogen) atoms. The molecule has 5 nitrogen and oxygen atoms in total. The first kappa shape index (κ1) is 19.7. The molecule has 0 amide bonds. The van der Waals surface area contributed by atoms with E-state index >= 15 is 0 Å². The van der Waals surface area contributed by atoms with Crippen molar-refractivity contribution in [3.8, 4) is 0 Å². The summed E-state index contributed by atoms with van der Waals surface area (Å²) in [5, 5.41) is 10.7. The van der Waals surface area contributed by atoms with Crippen molar-refractivity contribution in [3.63, 3.8) is 0 Å². The number of allylic oxidation sites excluding steroid dienone is 4. The van der Waals surface area contributed by atoms with Gasteiger partial charge in [0.2, 0.25) is 0 Å². The molecule has 0 atom stereocenters. The van der Waals surface area contributed by atoms with Crippen LogP contribution in [0.25, 0.3) is 11.6 Å². The Hall–Kier alpha value is -3.06. The first-order chi connectivity index (χ1) is 13.5. The number of pyridine rings is 1. The third-order valence-corrected chi connectivity index (χ3v) is 4.52. The fourth-order valence-electron chi connectivity index (χ4n) is 3.12. The van der Waals surface area contributed by atoms with Gasteiger partial charge in [-0.25, -0.2) is 8.78 Å². The zero-order chi connectivity index (χ0) is 20.0. The molecule has 1 aromatic heterocycles. The van der Waals surface area contributed by atoms with Crippen LogP contribution in [-0.4, -0.2) is 41.7 Å². The van der Waals surface area contributed by atoms with Crippen LogP contribution < -0.4 is 11.1 Å². The topological polar surface area (TPSA) is 78.0 Å². The highest BCUT2D eigenvalue weighted by Crippen LogP contribution is 2.27. The van der Waals surface area contributed by atoms with Crippen LogP contribution in [0.3, 0.4) is 0 Å². The number of nitrogens with one attached hydrogen (secondary N) is 2. The van der Waals surface area contributed by atoms with Crippen LogP contribution in [0.1, 0.15) is 17.5 Å². The summed E-state index contributed by atoms with van der Waals surface area (Å²) in [5.41, 5.74) is 9.81. The molecule has 1 saturated heterocycles. The summed E-state index contributed by atoms with van der Waals surface area (Å²) in [7, 11) is 0. The summed E-state index contributed by atoms with van der Waals surface area (Å²) >= 11 is 0. The molecule has 1 aliphatic carbocycles. The SMILES string of the molecule is N=CC(=CN)c1ccncc1/C=C/NC1=CCC=C(CN2CC(F)(F)C2)C=C1. The van der Waals surface area contributed by atoms with E-state index in [0.717, 1.165) is 28.8 Å². The van der Waals surface area contributed by atoms with Gasteiger partial charge >= 0.3 is 0 Å². The van der Waals surface area contributed by atoms with Gasteiger partial charge in [-0.15, -0.1) is 0 Å². The number of nitrogens with two attached hydrogens (primary N) is 1. The lowest BCUT2D eigenvalue weighted by molar-refractivity contribution is -0.126. The monoisotopic (exact) mass is 383 g/mol. The standard InChI is InChI=1S/C21H23F2N5/c22-21(23)14-28(15-21)13-16-2-1-3-19(5-4-16)27-9-6-17-12-26-8-7-20(17)18(10-24)11-25/h2-12,24,27H,1,13-15,25H2/b9-6+,18-11?,24-10?. The summed E-state index contributed by atoms with van der Waals surface area (Å²) in [6, 6.07) is 1.81. The quantitative estimate of drug-likeness (QED) is 0.631. The maximum atomic E-state index is 13.0. The minimum absolute atomic E-state index is 0.165. The minimum atomic E-state index is -2.54. The molecule has 0 bridgehead atoms. The molecule has 146 valence electrons. The van der Waals surface area contributed by atoms with Crippen molar-refractivity contribution in [1.29, 1.82) is 5.41 Å². The molecule has 1 aliphatic heterocycles. The van der Waals surface area contributed by atoms with Crippen molar-refractivity contribution in [2.45, 2.75) is 12.3 Å². The van der Waals surface area contributed by atoms with Crippen LogP contribution in [-0.2, 0) is 0 Å². The van der Waals surface area contributed by atoms with E-state index in [-0.39, 0.29) is 13.1 Å². The number of likely N-dealkylation sites (tertiary alicyclic amines) is 1. The molecule has 1 aromatic rings. The van der Waals surface area contributed by atoms with Gasteiger partial charge in [0.1, 0.15) is 0 Å². The van der Waals surface area contributed by atoms with Gasteiger partial charge < -0.3 is 16.5 Å². The average molecular weight is 383 g/mol. The Kier molecular flexibility index (Phi) is 6.16. The van der Waals surface area contributed by atoms with Gasteiger partial charge in [0.25, 0.3) is 5.92 Å². The van der Waals surface area contributed by atoms with Crippen molar-refractivity contribution >= 4 is 17.9 Å². The summed E-state index contributed by atoms with van der Waals surface area (Å²) < 4.78 is 25.9. The fourth-order valence-corrected chi connectivity index (χ4v) is 3.12. The number of alkyl halides is 2. The van der Waals surface area contributed by atoms with E-state index in [0.29, 0.717) is 12.1 Å². The van der Waals surface area contributed by atoms with Crippen molar-refractivity contribution in [1.82, 2.24) is 15.2 Å². The summed E-state index contributed by atoms with van der Waals surface area (Å²) in [4.78, 5) is 5.86. The number of hydrogen-bond acceptors (Lipinski definition) is 5. The predicted octanol–water partition coefficient (Wildman–Crippen LogP) is 3.31. The number of halogens is 2. The van der Waals surface area contributed by atoms with Gasteiger partial charge in [0, 0.05) is 54.4 Å². The second-order valence-corrected chi connectivity index (χ2v) is 6.72. The average Bonchev–Trinajstić information content (AvgIpc) is 2.88. The van der Waals surface area contributed by atoms with Gasteiger partial charge in [-0.3, -0.25) is 9.88 Å². The van der Waals surface area contributed by atoms with Gasteiger partial charge in [-0.05, 0) is 35.8 Å².